The minimum Gasteiger partial charge on any atom is -0.465 e. The minimum atomic E-state index is -3.66. The Kier molecular flexibility index (Phi) is 3.12. The van der Waals surface area contributed by atoms with Gasteiger partial charge in [0, 0.05) is 12.0 Å². The lowest BCUT2D eigenvalue weighted by Crippen LogP contribution is -2.33. The summed E-state index contributed by atoms with van der Waals surface area (Å²) in [6.07, 6.45) is 1.66. The first-order valence-corrected chi connectivity index (χ1v) is 5.71. The second kappa shape index (κ2) is 3.97. The SMILES string of the molecule is NS(=O)(=O)C=CC1CCCN1C(=O)O. The Morgan fingerprint density at radius 3 is 2.71 bits per heavy atom. The van der Waals surface area contributed by atoms with Gasteiger partial charge >= 0.3 is 6.09 Å². The monoisotopic (exact) mass is 220 g/mol. The van der Waals surface area contributed by atoms with Crippen molar-refractivity contribution in [2.24, 2.45) is 5.14 Å². The third kappa shape index (κ3) is 3.00. The van der Waals surface area contributed by atoms with E-state index in [9.17, 15) is 13.2 Å². The molecule has 1 unspecified atom stereocenters. The molecule has 0 aliphatic carbocycles. The molecule has 1 saturated heterocycles. The second-order valence-electron chi connectivity index (χ2n) is 3.10. The van der Waals surface area contributed by atoms with Crippen molar-refractivity contribution in [2.45, 2.75) is 18.9 Å². The number of hydrogen-bond acceptors (Lipinski definition) is 3. The molecule has 3 N–H and O–H groups in total. The molecule has 14 heavy (non-hydrogen) atoms. The van der Waals surface area contributed by atoms with Crippen LogP contribution in [0.1, 0.15) is 12.8 Å². The maximum atomic E-state index is 10.6. The summed E-state index contributed by atoms with van der Waals surface area (Å²) in [4.78, 5) is 11.8. The highest BCUT2D eigenvalue weighted by Gasteiger charge is 2.26. The molecule has 0 aromatic rings. The van der Waals surface area contributed by atoms with Gasteiger partial charge in [0.2, 0.25) is 10.0 Å². The van der Waals surface area contributed by atoms with E-state index in [-0.39, 0.29) is 6.04 Å². The molecular weight excluding hydrogens is 208 g/mol. The highest BCUT2D eigenvalue weighted by atomic mass is 32.2. The zero-order valence-electron chi connectivity index (χ0n) is 7.46. The molecule has 1 rings (SSSR count). The third-order valence-corrected chi connectivity index (χ3v) is 2.57. The molecule has 1 heterocycles. The van der Waals surface area contributed by atoms with E-state index in [1.165, 1.54) is 11.0 Å². The predicted molar refractivity (Wildman–Crippen MR) is 50.0 cm³/mol. The molecule has 1 amide bonds. The predicted octanol–water partition coefficient (Wildman–Crippen LogP) is -0.0690. The standard InChI is InChI=1S/C7H12N2O4S/c8-14(12,13)5-3-6-2-1-4-9(6)7(10)11/h3,5-6H,1-2,4H2,(H,10,11)(H2,8,12,13). The van der Waals surface area contributed by atoms with Crippen LogP contribution in [0.2, 0.25) is 0 Å². The summed E-state index contributed by atoms with van der Waals surface area (Å²) in [5.74, 6) is 0. The Morgan fingerprint density at radius 2 is 2.21 bits per heavy atom. The number of nitrogens with zero attached hydrogens (tertiary/aromatic N) is 1. The van der Waals surface area contributed by atoms with Gasteiger partial charge in [-0.1, -0.05) is 0 Å². The van der Waals surface area contributed by atoms with Gasteiger partial charge in [0.15, 0.2) is 0 Å². The van der Waals surface area contributed by atoms with Crippen LogP contribution >= 0.6 is 0 Å². The molecule has 0 saturated carbocycles. The van der Waals surface area contributed by atoms with E-state index in [0.717, 1.165) is 11.8 Å². The zero-order valence-corrected chi connectivity index (χ0v) is 8.27. The van der Waals surface area contributed by atoms with E-state index < -0.39 is 16.1 Å². The Balaban J connectivity index is 2.69. The first-order chi connectivity index (χ1) is 6.40. The highest BCUT2D eigenvalue weighted by molar-refractivity contribution is 7.92. The van der Waals surface area contributed by atoms with Crippen LogP contribution in [0, 0.1) is 0 Å². The van der Waals surface area contributed by atoms with Crippen LogP contribution in [-0.2, 0) is 10.0 Å². The highest BCUT2D eigenvalue weighted by Crippen LogP contribution is 2.18. The number of hydrogen-bond donors (Lipinski definition) is 2. The van der Waals surface area contributed by atoms with Crippen molar-refractivity contribution in [2.75, 3.05) is 6.54 Å². The Hall–Kier alpha value is -1.08. The zero-order chi connectivity index (χ0) is 10.8. The first-order valence-electron chi connectivity index (χ1n) is 4.11. The van der Waals surface area contributed by atoms with Crippen molar-refractivity contribution in [1.29, 1.82) is 0 Å². The van der Waals surface area contributed by atoms with Crippen molar-refractivity contribution in [3.63, 3.8) is 0 Å². The molecule has 0 spiro atoms. The number of likely N-dealkylation sites (tertiary alicyclic amines) is 1. The molecule has 1 atom stereocenters. The van der Waals surface area contributed by atoms with Crippen molar-refractivity contribution < 1.29 is 18.3 Å². The smallest absolute Gasteiger partial charge is 0.407 e. The van der Waals surface area contributed by atoms with Crippen LogP contribution in [0.3, 0.4) is 0 Å². The van der Waals surface area contributed by atoms with Crippen LogP contribution in [0.25, 0.3) is 0 Å². The van der Waals surface area contributed by atoms with Crippen LogP contribution in [-0.4, -0.2) is 37.1 Å². The van der Waals surface area contributed by atoms with Crippen molar-refractivity contribution in [3.05, 3.63) is 11.5 Å². The van der Waals surface area contributed by atoms with Crippen LogP contribution in [0.15, 0.2) is 11.5 Å². The van der Waals surface area contributed by atoms with E-state index in [0.29, 0.717) is 13.0 Å². The van der Waals surface area contributed by atoms with Gasteiger partial charge in [-0.2, -0.15) is 0 Å². The summed E-state index contributed by atoms with van der Waals surface area (Å²) in [6.45, 7) is 0.439. The van der Waals surface area contributed by atoms with Crippen molar-refractivity contribution in [1.82, 2.24) is 4.90 Å². The van der Waals surface area contributed by atoms with E-state index in [4.69, 9.17) is 10.2 Å². The lowest BCUT2D eigenvalue weighted by molar-refractivity contribution is 0.147. The number of carboxylic acid groups (broad SMARTS) is 1. The molecule has 1 aliphatic heterocycles. The summed E-state index contributed by atoms with van der Waals surface area (Å²) < 4.78 is 21.2. The first kappa shape index (κ1) is 11.0. The third-order valence-electron chi connectivity index (χ3n) is 2.04. The Morgan fingerprint density at radius 1 is 1.57 bits per heavy atom. The molecule has 0 bridgehead atoms. The summed E-state index contributed by atoms with van der Waals surface area (Å²) in [6, 6.07) is -0.370. The summed E-state index contributed by atoms with van der Waals surface area (Å²) >= 11 is 0. The Labute approximate surface area is 82.0 Å². The fourth-order valence-corrected chi connectivity index (χ4v) is 1.83. The topological polar surface area (TPSA) is 101 Å². The number of sulfonamides is 1. The van der Waals surface area contributed by atoms with Gasteiger partial charge in [0.25, 0.3) is 0 Å². The van der Waals surface area contributed by atoms with E-state index in [1.807, 2.05) is 0 Å². The molecule has 6 nitrogen and oxygen atoms in total. The largest absolute Gasteiger partial charge is 0.465 e. The van der Waals surface area contributed by atoms with Gasteiger partial charge in [-0.15, -0.1) is 0 Å². The fourth-order valence-electron chi connectivity index (χ4n) is 1.43. The minimum absolute atomic E-state index is 0.370. The summed E-state index contributed by atoms with van der Waals surface area (Å²) in [7, 11) is -3.66. The maximum absolute atomic E-state index is 10.6. The van der Waals surface area contributed by atoms with Crippen LogP contribution in [0.5, 0.6) is 0 Å². The van der Waals surface area contributed by atoms with E-state index in [1.54, 1.807) is 0 Å². The second-order valence-corrected chi connectivity index (χ2v) is 4.55. The summed E-state index contributed by atoms with van der Waals surface area (Å²) in [5, 5.41) is 14.3. The molecule has 1 aliphatic rings. The molecule has 0 aromatic heterocycles. The molecular formula is C7H12N2O4S. The number of amides is 1. The quantitative estimate of drug-likeness (QED) is 0.680. The number of nitrogens with two attached hydrogens (primary N) is 1. The molecule has 0 aromatic carbocycles. The van der Waals surface area contributed by atoms with Crippen molar-refractivity contribution >= 4 is 16.1 Å². The number of carbonyl (C=O) groups is 1. The average Bonchev–Trinajstić information content (AvgIpc) is 2.46. The van der Waals surface area contributed by atoms with Crippen LogP contribution in [0.4, 0.5) is 4.79 Å². The molecule has 80 valence electrons. The Bertz CT molecular complexity index is 349. The van der Waals surface area contributed by atoms with E-state index >= 15 is 0 Å². The normalized spacial score (nSPS) is 23.2. The fraction of sp³-hybridized carbons (Fsp3) is 0.571. The molecule has 7 heteroatoms. The van der Waals surface area contributed by atoms with Crippen molar-refractivity contribution in [3.8, 4) is 0 Å². The van der Waals surface area contributed by atoms with Gasteiger partial charge in [-0.05, 0) is 18.9 Å². The lowest BCUT2D eigenvalue weighted by atomic mass is 10.2. The van der Waals surface area contributed by atoms with Gasteiger partial charge in [-0.25, -0.2) is 18.4 Å². The van der Waals surface area contributed by atoms with Gasteiger partial charge < -0.3 is 10.0 Å². The number of primary sulfonamides is 1. The van der Waals surface area contributed by atoms with Gasteiger partial charge in [0.1, 0.15) is 0 Å². The lowest BCUT2D eigenvalue weighted by Gasteiger charge is -2.17. The van der Waals surface area contributed by atoms with Gasteiger partial charge in [0.05, 0.1) is 6.04 Å². The van der Waals surface area contributed by atoms with E-state index in [2.05, 4.69) is 0 Å². The molecule has 1 fully saturated rings. The maximum Gasteiger partial charge on any atom is 0.407 e. The average molecular weight is 220 g/mol. The summed E-state index contributed by atoms with van der Waals surface area (Å²) in [5.41, 5.74) is 0. The van der Waals surface area contributed by atoms with Gasteiger partial charge in [-0.3, -0.25) is 0 Å². The molecule has 0 radical (unpaired) electrons. The number of rotatable bonds is 2. The van der Waals surface area contributed by atoms with Crippen LogP contribution < -0.4 is 5.14 Å².